The Morgan fingerprint density at radius 1 is 1.50 bits per heavy atom. The van der Waals surface area contributed by atoms with E-state index in [0.717, 1.165) is 0 Å². The number of thiocarbonyl (C=S) groups is 1. The van der Waals surface area contributed by atoms with Crippen LogP contribution in [0.5, 0.6) is 0 Å². The second kappa shape index (κ2) is 7.92. The van der Waals surface area contributed by atoms with E-state index in [0.29, 0.717) is 28.2 Å². The van der Waals surface area contributed by atoms with Gasteiger partial charge in [-0.25, -0.2) is 0 Å². The second-order valence-corrected chi connectivity index (χ2v) is 6.83. The number of ether oxygens (including phenoxy) is 1. The topological polar surface area (TPSA) is 58.6 Å². The molecule has 0 aromatic heterocycles. The van der Waals surface area contributed by atoms with E-state index in [9.17, 15) is 9.59 Å². The fourth-order valence-electron chi connectivity index (χ4n) is 1.94. The molecule has 0 aliphatic carbocycles. The molecule has 1 aliphatic heterocycles. The normalized spacial score (nSPS) is 17.9. The van der Waals surface area contributed by atoms with Gasteiger partial charge in [0.05, 0.1) is 29.1 Å². The number of carbonyl (C=O) groups excluding carboxylic acids is 2. The molecule has 2 amide bonds. The number of thioether (sulfide) groups is 1. The maximum absolute atomic E-state index is 12.2. The van der Waals surface area contributed by atoms with Crippen LogP contribution in [0, 0.1) is 0 Å². The zero-order valence-electron chi connectivity index (χ0n) is 11.9. The molecule has 1 aromatic rings. The summed E-state index contributed by atoms with van der Waals surface area (Å²) in [6.45, 7) is 0.814. The molecule has 2 rings (SSSR count). The number of hydrogen-bond donors (Lipinski definition) is 1. The van der Waals surface area contributed by atoms with Crippen LogP contribution in [0.25, 0.3) is 0 Å². The lowest BCUT2D eigenvalue weighted by Gasteiger charge is -2.14. The highest BCUT2D eigenvalue weighted by molar-refractivity contribution is 8.24. The molecule has 8 heteroatoms. The van der Waals surface area contributed by atoms with E-state index in [1.54, 1.807) is 31.4 Å². The fourth-order valence-corrected chi connectivity index (χ4v) is 3.67. The molecule has 5 nitrogen and oxygen atoms in total. The van der Waals surface area contributed by atoms with Crippen LogP contribution in [0.15, 0.2) is 24.3 Å². The Bertz CT molecular complexity index is 597. The highest BCUT2D eigenvalue weighted by Gasteiger charge is 2.37. The van der Waals surface area contributed by atoms with Crippen molar-refractivity contribution in [3.63, 3.8) is 0 Å². The summed E-state index contributed by atoms with van der Waals surface area (Å²) < 4.78 is 5.44. The summed E-state index contributed by atoms with van der Waals surface area (Å²) >= 11 is 12.4. The Hall–Kier alpha value is -1.15. The molecule has 1 saturated heterocycles. The molecule has 1 aliphatic rings. The quantitative estimate of drug-likeness (QED) is 0.792. The van der Waals surface area contributed by atoms with Gasteiger partial charge in [-0.15, -0.1) is 0 Å². The Kier molecular flexibility index (Phi) is 6.19. The molecular weight excluding hydrogens is 344 g/mol. The van der Waals surface area contributed by atoms with Crippen LogP contribution in [0.1, 0.15) is 6.42 Å². The first-order valence-electron chi connectivity index (χ1n) is 6.58. The Morgan fingerprint density at radius 2 is 2.23 bits per heavy atom. The predicted molar refractivity (Wildman–Crippen MR) is 92.3 cm³/mol. The number of benzene rings is 1. The number of hydrogen-bond acceptors (Lipinski definition) is 5. The predicted octanol–water partition coefficient (Wildman–Crippen LogP) is 2.54. The lowest BCUT2D eigenvalue weighted by atomic mass is 10.2. The number of methoxy groups -OCH3 is 1. The van der Waals surface area contributed by atoms with Gasteiger partial charge in [-0.1, -0.05) is 47.7 Å². The van der Waals surface area contributed by atoms with Crippen molar-refractivity contribution in [3.8, 4) is 0 Å². The van der Waals surface area contributed by atoms with E-state index >= 15 is 0 Å². The molecule has 0 saturated carbocycles. The van der Waals surface area contributed by atoms with Gasteiger partial charge >= 0.3 is 0 Å². The van der Waals surface area contributed by atoms with Crippen LogP contribution >= 0.6 is 35.6 Å². The zero-order valence-corrected chi connectivity index (χ0v) is 14.3. The first-order valence-corrected chi connectivity index (χ1v) is 8.25. The van der Waals surface area contributed by atoms with Gasteiger partial charge in [0.1, 0.15) is 4.32 Å². The molecule has 1 aromatic carbocycles. The zero-order chi connectivity index (χ0) is 16.1. The first-order chi connectivity index (χ1) is 10.5. The summed E-state index contributed by atoms with van der Waals surface area (Å²) in [6, 6.07) is 6.95. The van der Waals surface area contributed by atoms with Crippen LogP contribution < -0.4 is 5.32 Å². The molecule has 1 N–H and O–H groups in total. The van der Waals surface area contributed by atoms with Gasteiger partial charge in [0, 0.05) is 13.5 Å². The summed E-state index contributed by atoms with van der Waals surface area (Å²) in [5.41, 5.74) is 0.531. The number of anilines is 1. The highest BCUT2D eigenvalue weighted by atomic mass is 35.5. The van der Waals surface area contributed by atoms with E-state index in [1.165, 1.54) is 16.7 Å². The van der Waals surface area contributed by atoms with Gasteiger partial charge < -0.3 is 10.1 Å². The number of para-hydroxylation sites is 1. The molecule has 1 unspecified atom stereocenters. The van der Waals surface area contributed by atoms with Gasteiger partial charge in [0.25, 0.3) is 0 Å². The van der Waals surface area contributed by atoms with Crippen molar-refractivity contribution in [2.45, 2.75) is 11.7 Å². The van der Waals surface area contributed by atoms with Crippen molar-refractivity contribution in [2.24, 2.45) is 0 Å². The van der Waals surface area contributed by atoms with Gasteiger partial charge in [0.15, 0.2) is 0 Å². The van der Waals surface area contributed by atoms with Gasteiger partial charge in [0.2, 0.25) is 11.8 Å². The third kappa shape index (κ3) is 4.19. The Labute approximate surface area is 143 Å². The van der Waals surface area contributed by atoms with Crippen LogP contribution in [0.4, 0.5) is 5.69 Å². The summed E-state index contributed by atoms with van der Waals surface area (Å²) in [5.74, 6) is -0.420. The fraction of sp³-hybridized carbons (Fsp3) is 0.357. The minimum atomic E-state index is -0.494. The standard InChI is InChI=1S/C14H15ClN2O3S2/c1-20-7-6-17-13(19)11(22-14(17)21)8-12(18)16-10-5-3-2-4-9(10)15/h2-5,11H,6-8H2,1H3,(H,16,18). The summed E-state index contributed by atoms with van der Waals surface area (Å²) in [6.07, 6.45) is 0.0539. The van der Waals surface area contributed by atoms with Crippen molar-refractivity contribution in [1.29, 1.82) is 0 Å². The summed E-state index contributed by atoms with van der Waals surface area (Å²) in [4.78, 5) is 25.8. The first kappa shape index (κ1) is 17.2. The summed E-state index contributed by atoms with van der Waals surface area (Å²) in [5, 5.41) is 2.67. The molecule has 0 spiro atoms. The molecule has 1 atom stereocenters. The maximum Gasteiger partial charge on any atom is 0.242 e. The van der Waals surface area contributed by atoms with E-state index in [2.05, 4.69) is 5.32 Å². The van der Waals surface area contributed by atoms with Crippen LogP contribution in [0.3, 0.4) is 0 Å². The van der Waals surface area contributed by atoms with Crippen molar-refractivity contribution >= 4 is 57.4 Å². The maximum atomic E-state index is 12.2. The van der Waals surface area contributed by atoms with Gasteiger partial charge in [-0.3, -0.25) is 14.5 Å². The SMILES string of the molecule is COCCN1C(=O)C(CC(=O)Nc2ccccc2Cl)SC1=S. The Balaban J connectivity index is 1.93. The van der Waals surface area contributed by atoms with Crippen LogP contribution in [-0.2, 0) is 14.3 Å². The van der Waals surface area contributed by atoms with E-state index in [4.69, 9.17) is 28.6 Å². The highest BCUT2D eigenvalue weighted by Crippen LogP contribution is 2.30. The third-order valence-electron chi connectivity index (χ3n) is 3.04. The minimum Gasteiger partial charge on any atom is -0.383 e. The average Bonchev–Trinajstić information content (AvgIpc) is 2.74. The van der Waals surface area contributed by atoms with Gasteiger partial charge in [-0.2, -0.15) is 0 Å². The monoisotopic (exact) mass is 358 g/mol. The van der Waals surface area contributed by atoms with Crippen molar-refractivity contribution in [3.05, 3.63) is 29.3 Å². The molecule has 118 valence electrons. The molecule has 1 fully saturated rings. The molecule has 1 heterocycles. The number of nitrogens with one attached hydrogen (secondary N) is 1. The van der Waals surface area contributed by atoms with E-state index < -0.39 is 5.25 Å². The molecular formula is C14H15ClN2O3S2. The number of halogens is 1. The van der Waals surface area contributed by atoms with Gasteiger partial charge in [-0.05, 0) is 12.1 Å². The second-order valence-electron chi connectivity index (χ2n) is 4.59. The van der Waals surface area contributed by atoms with Crippen LogP contribution in [0.2, 0.25) is 5.02 Å². The molecule has 0 bridgehead atoms. The number of carbonyl (C=O) groups is 2. The van der Waals surface area contributed by atoms with Crippen molar-refractivity contribution in [2.75, 3.05) is 25.6 Å². The number of nitrogens with zero attached hydrogens (tertiary/aromatic N) is 1. The lowest BCUT2D eigenvalue weighted by Crippen LogP contribution is -2.35. The lowest BCUT2D eigenvalue weighted by molar-refractivity contribution is -0.128. The largest absolute Gasteiger partial charge is 0.383 e. The smallest absolute Gasteiger partial charge is 0.242 e. The molecule has 0 radical (unpaired) electrons. The van der Waals surface area contributed by atoms with E-state index in [1.807, 2.05) is 0 Å². The number of amides is 2. The Morgan fingerprint density at radius 3 is 2.91 bits per heavy atom. The number of rotatable bonds is 6. The van der Waals surface area contributed by atoms with Crippen LogP contribution in [-0.4, -0.2) is 46.5 Å². The minimum absolute atomic E-state index is 0.0539. The average molecular weight is 359 g/mol. The van der Waals surface area contributed by atoms with Crippen molar-refractivity contribution in [1.82, 2.24) is 4.90 Å². The molecule has 22 heavy (non-hydrogen) atoms. The third-order valence-corrected chi connectivity index (χ3v) is 4.96. The van der Waals surface area contributed by atoms with Crippen molar-refractivity contribution < 1.29 is 14.3 Å². The summed E-state index contributed by atoms with van der Waals surface area (Å²) in [7, 11) is 1.56. The van der Waals surface area contributed by atoms with E-state index in [-0.39, 0.29) is 18.2 Å².